The van der Waals surface area contributed by atoms with E-state index in [0.29, 0.717) is 12.1 Å². The summed E-state index contributed by atoms with van der Waals surface area (Å²) in [6, 6.07) is 8.98. The van der Waals surface area contributed by atoms with E-state index >= 15 is 0 Å². The number of halogens is 1. The molecule has 0 spiro atoms. The van der Waals surface area contributed by atoms with Gasteiger partial charge in [-0.15, -0.1) is 0 Å². The van der Waals surface area contributed by atoms with Gasteiger partial charge in [0, 0.05) is 23.7 Å². The summed E-state index contributed by atoms with van der Waals surface area (Å²) in [5.41, 5.74) is 1.18. The topological polar surface area (TPSA) is 24.1 Å². The minimum atomic E-state index is 0.316. The van der Waals surface area contributed by atoms with Gasteiger partial charge in [-0.3, -0.25) is 0 Å². The molecule has 3 heteroatoms. The Morgan fingerprint density at radius 2 is 2.31 bits per heavy atom. The zero-order chi connectivity index (χ0) is 11.4. The molecule has 16 heavy (non-hydrogen) atoms. The minimum absolute atomic E-state index is 0.316. The number of hydrogen-bond acceptors (Lipinski definition) is 2. The monoisotopic (exact) mass is 238 g/mol. The molecule has 1 fully saturated rings. The summed E-state index contributed by atoms with van der Waals surface area (Å²) in [6.45, 7) is 4.34. The van der Waals surface area contributed by atoms with E-state index in [-0.39, 0.29) is 0 Å². The molecule has 0 bridgehead atoms. The van der Waals surface area contributed by atoms with Crippen molar-refractivity contribution in [3.05, 3.63) is 34.9 Å². The lowest BCUT2D eigenvalue weighted by Crippen LogP contribution is -2.35. The fraction of sp³-hybridized carbons (Fsp3) is 0.538. The van der Waals surface area contributed by atoms with Crippen molar-refractivity contribution in [3.63, 3.8) is 0 Å². The number of benzene rings is 1. The van der Waals surface area contributed by atoms with E-state index < -0.39 is 0 Å². The van der Waals surface area contributed by atoms with Gasteiger partial charge in [-0.25, -0.2) is 0 Å². The van der Waals surface area contributed by atoms with Gasteiger partial charge in [-0.05, 0) is 37.9 Å². The Bertz CT molecular complexity index is 334. The average Bonchev–Trinajstić information content (AvgIpc) is 2.79. The molecule has 2 rings (SSSR count). The van der Waals surface area contributed by atoms with E-state index in [1.165, 1.54) is 18.4 Å². The van der Waals surface area contributed by atoms with Crippen LogP contribution in [-0.4, -0.2) is 19.1 Å². The van der Waals surface area contributed by atoms with Crippen LogP contribution in [-0.2, 0) is 0 Å². The third-order valence-electron chi connectivity index (χ3n) is 3.20. The van der Waals surface area contributed by atoms with Crippen LogP contribution in [0.4, 0.5) is 0 Å². The van der Waals surface area contributed by atoms with Crippen molar-refractivity contribution in [2.24, 2.45) is 0 Å². The largest absolute Gasteiger partial charge is 0.313 e. The molecule has 1 aromatic rings. The Kier molecular flexibility index (Phi) is 4.22. The van der Waals surface area contributed by atoms with E-state index in [0.717, 1.165) is 18.1 Å². The Morgan fingerprint density at radius 1 is 1.50 bits per heavy atom. The second kappa shape index (κ2) is 5.67. The van der Waals surface area contributed by atoms with Crippen molar-refractivity contribution >= 4 is 11.6 Å². The molecule has 1 aliphatic rings. The molecule has 1 heterocycles. The van der Waals surface area contributed by atoms with Crippen LogP contribution in [0.3, 0.4) is 0 Å². The van der Waals surface area contributed by atoms with Crippen molar-refractivity contribution < 1.29 is 0 Å². The molecule has 0 radical (unpaired) electrons. The van der Waals surface area contributed by atoms with Crippen LogP contribution in [0.5, 0.6) is 0 Å². The predicted octanol–water partition coefficient (Wildman–Crippen LogP) is 2.74. The first kappa shape index (κ1) is 11.9. The fourth-order valence-electron chi connectivity index (χ4n) is 2.19. The Balaban J connectivity index is 1.87. The van der Waals surface area contributed by atoms with Crippen molar-refractivity contribution in [1.29, 1.82) is 0 Å². The van der Waals surface area contributed by atoms with E-state index in [2.05, 4.69) is 23.6 Å². The maximum absolute atomic E-state index is 6.16. The van der Waals surface area contributed by atoms with Crippen LogP contribution in [0.1, 0.15) is 31.4 Å². The highest BCUT2D eigenvalue weighted by Gasteiger charge is 2.15. The summed E-state index contributed by atoms with van der Waals surface area (Å²) >= 11 is 6.16. The molecule has 1 aliphatic heterocycles. The lowest BCUT2D eigenvalue weighted by atomic mass is 10.1. The van der Waals surface area contributed by atoms with Crippen LogP contribution in [0.15, 0.2) is 24.3 Å². The lowest BCUT2D eigenvalue weighted by Gasteiger charge is -2.18. The van der Waals surface area contributed by atoms with Gasteiger partial charge >= 0.3 is 0 Å². The SMILES string of the molecule is CC(NCC1CCCN1)c1ccccc1Cl. The van der Waals surface area contributed by atoms with Gasteiger partial charge in [0.05, 0.1) is 0 Å². The third-order valence-corrected chi connectivity index (χ3v) is 3.55. The molecular weight excluding hydrogens is 220 g/mol. The molecule has 2 N–H and O–H groups in total. The fourth-order valence-corrected chi connectivity index (χ4v) is 2.49. The molecule has 0 saturated carbocycles. The Labute approximate surface area is 102 Å². The highest BCUT2D eigenvalue weighted by atomic mass is 35.5. The van der Waals surface area contributed by atoms with E-state index in [1.807, 2.05) is 18.2 Å². The van der Waals surface area contributed by atoms with Gasteiger partial charge in [0.2, 0.25) is 0 Å². The number of hydrogen-bond donors (Lipinski definition) is 2. The van der Waals surface area contributed by atoms with E-state index in [1.54, 1.807) is 0 Å². The van der Waals surface area contributed by atoms with E-state index in [9.17, 15) is 0 Å². The van der Waals surface area contributed by atoms with Crippen molar-refractivity contribution in [1.82, 2.24) is 10.6 Å². The van der Waals surface area contributed by atoms with Crippen LogP contribution in [0.25, 0.3) is 0 Å². The molecular formula is C13H19ClN2. The smallest absolute Gasteiger partial charge is 0.0453 e. The highest BCUT2D eigenvalue weighted by Crippen LogP contribution is 2.22. The molecule has 2 unspecified atom stereocenters. The van der Waals surface area contributed by atoms with Gasteiger partial charge in [0.1, 0.15) is 0 Å². The van der Waals surface area contributed by atoms with Crippen LogP contribution in [0.2, 0.25) is 5.02 Å². The molecule has 0 aliphatic carbocycles. The number of nitrogens with one attached hydrogen (secondary N) is 2. The quantitative estimate of drug-likeness (QED) is 0.843. The summed E-state index contributed by atoms with van der Waals surface area (Å²) in [6.07, 6.45) is 2.58. The summed E-state index contributed by atoms with van der Waals surface area (Å²) in [7, 11) is 0. The predicted molar refractivity (Wildman–Crippen MR) is 68.9 cm³/mol. The second-order valence-corrected chi connectivity index (χ2v) is 4.85. The van der Waals surface area contributed by atoms with Gasteiger partial charge in [-0.2, -0.15) is 0 Å². The van der Waals surface area contributed by atoms with Gasteiger partial charge in [-0.1, -0.05) is 29.8 Å². The summed E-state index contributed by atoms with van der Waals surface area (Å²) < 4.78 is 0. The molecule has 88 valence electrons. The summed E-state index contributed by atoms with van der Waals surface area (Å²) in [5, 5.41) is 7.87. The zero-order valence-electron chi connectivity index (χ0n) is 9.67. The first-order valence-corrected chi connectivity index (χ1v) is 6.36. The molecule has 1 saturated heterocycles. The normalized spacial score (nSPS) is 22.2. The first-order valence-electron chi connectivity index (χ1n) is 5.98. The standard InChI is InChI=1S/C13H19ClN2/c1-10(12-6-2-3-7-13(12)14)16-9-11-5-4-8-15-11/h2-3,6-7,10-11,15-16H,4-5,8-9H2,1H3. The van der Waals surface area contributed by atoms with Crippen LogP contribution < -0.4 is 10.6 Å². The summed E-state index contributed by atoms with van der Waals surface area (Å²) in [5.74, 6) is 0. The third kappa shape index (κ3) is 2.97. The lowest BCUT2D eigenvalue weighted by molar-refractivity contribution is 0.490. The zero-order valence-corrected chi connectivity index (χ0v) is 10.4. The highest BCUT2D eigenvalue weighted by molar-refractivity contribution is 6.31. The average molecular weight is 239 g/mol. The molecule has 2 atom stereocenters. The maximum Gasteiger partial charge on any atom is 0.0453 e. The molecule has 2 nitrogen and oxygen atoms in total. The number of rotatable bonds is 4. The molecule has 0 amide bonds. The minimum Gasteiger partial charge on any atom is -0.313 e. The molecule has 1 aromatic carbocycles. The van der Waals surface area contributed by atoms with Gasteiger partial charge in [0.25, 0.3) is 0 Å². The molecule has 0 aromatic heterocycles. The first-order chi connectivity index (χ1) is 7.77. The summed E-state index contributed by atoms with van der Waals surface area (Å²) in [4.78, 5) is 0. The van der Waals surface area contributed by atoms with Gasteiger partial charge < -0.3 is 10.6 Å². The van der Waals surface area contributed by atoms with Crippen molar-refractivity contribution in [2.45, 2.75) is 31.8 Å². The van der Waals surface area contributed by atoms with Crippen LogP contribution >= 0.6 is 11.6 Å². The van der Waals surface area contributed by atoms with E-state index in [4.69, 9.17) is 11.6 Å². The second-order valence-electron chi connectivity index (χ2n) is 4.44. The van der Waals surface area contributed by atoms with Crippen LogP contribution in [0, 0.1) is 0 Å². The van der Waals surface area contributed by atoms with Crippen molar-refractivity contribution in [3.8, 4) is 0 Å². The Morgan fingerprint density at radius 3 is 3.00 bits per heavy atom. The van der Waals surface area contributed by atoms with Crippen molar-refractivity contribution in [2.75, 3.05) is 13.1 Å². The maximum atomic E-state index is 6.16. The Hall–Kier alpha value is -0.570. The van der Waals surface area contributed by atoms with Gasteiger partial charge in [0.15, 0.2) is 0 Å².